The molecule has 1 unspecified atom stereocenters. The summed E-state index contributed by atoms with van der Waals surface area (Å²) in [7, 11) is 0. The second kappa shape index (κ2) is 7.54. The van der Waals surface area contributed by atoms with Gasteiger partial charge in [0.05, 0.1) is 11.6 Å². The quantitative estimate of drug-likeness (QED) is 0.894. The van der Waals surface area contributed by atoms with Crippen LogP contribution in [0.5, 0.6) is 0 Å². The van der Waals surface area contributed by atoms with Gasteiger partial charge in [-0.25, -0.2) is 0 Å². The van der Waals surface area contributed by atoms with E-state index >= 15 is 0 Å². The Labute approximate surface area is 120 Å². The third-order valence-electron chi connectivity index (χ3n) is 3.50. The minimum absolute atomic E-state index is 0.299. The van der Waals surface area contributed by atoms with Crippen molar-refractivity contribution in [2.24, 2.45) is 0 Å². The Kier molecular flexibility index (Phi) is 5.71. The number of rotatable bonds is 5. The van der Waals surface area contributed by atoms with E-state index in [0.717, 1.165) is 18.7 Å². The molecule has 1 aliphatic heterocycles. The topological polar surface area (TPSA) is 39.1 Å². The minimum Gasteiger partial charge on any atom is -0.309 e. The van der Waals surface area contributed by atoms with Gasteiger partial charge in [0.15, 0.2) is 0 Å². The molecule has 0 saturated carbocycles. The zero-order valence-electron chi connectivity index (χ0n) is 11.4. The molecule has 0 aliphatic carbocycles. The van der Waals surface area contributed by atoms with Crippen molar-refractivity contribution in [1.29, 1.82) is 5.26 Å². The summed E-state index contributed by atoms with van der Waals surface area (Å²) in [6, 6.07) is 10.3. The Morgan fingerprint density at radius 1 is 1.42 bits per heavy atom. The first kappa shape index (κ1) is 14.4. The van der Waals surface area contributed by atoms with Gasteiger partial charge in [-0.05, 0) is 24.6 Å². The summed E-state index contributed by atoms with van der Waals surface area (Å²) in [6.45, 7) is 6.70. The van der Waals surface area contributed by atoms with Crippen molar-refractivity contribution in [3.8, 4) is 6.07 Å². The number of thioether (sulfide) groups is 1. The van der Waals surface area contributed by atoms with Gasteiger partial charge in [-0.2, -0.15) is 17.0 Å². The van der Waals surface area contributed by atoms with Gasteiger partial charge in [0, 0.05) is 43.7 Å². The predicted molar refractivity (Wildman–Crippen MR) is 81.3 cm³/mol. The monoisotopic (exact) mass is 275 g/mol. The Balaban J connectivity index is 1.77. The molecule has 0 bridgehead atoms. The average Bonchev–Trinajstić information content (AvgIpc) is 2.48. The molecule has 0 amide bonds. The van der Waals surface area contributed by atoms with Crippen LogP contribution in [0.25, 0.3) is 0 Å². The lowest BCUT2D eigenvalue weighted by Gasteiger charge is -2.26. The molecule has 19 heavy (non-hydrogen) atoms. The van der Waals surface area contributed by atoms with Gasteiger partial charge >= 0.3 is 0 Å². The van der Waals surface area contributed by atoms with E-state index in [1.54, 1.807) is 0 Å². The van der Waals surface area contributed by atoms with E-state index in [1.165, 1.54) is 30.2 Å². The fraction of sp³-hybridized carbons (Fsp3) is 0.533. The summed E-state index contributed by atoms with van der Waals surface area (Å²) in [6.07, 6.45) is 0. The first-order valence-corrected chi connectivity index (χ1v) is 7.98. The van der Waals surface area contributed by atoms with Crippen LogP contribution in [0.2, 0.25) is 0 Å². The highest BCUT2D eigenvalue weighted by Gasteiger charge is 2.10. The molecule has 3 nitrogen and oxygen atoms in total. The Morgan fingerprint density at radius 2 is 2.21 bits per heavy atom. The summed E-state index contributed by atoms with van der Waals surface area (Å²) >= 11 is 2.05. The molecule has 1 heterocycles. The number of hydrogen-bond donors (Lipinski definition) is 1. The van der Waals surface area contributed by atoms with Crippen molar-refractivity contribution in [2.75, 3.05) is 37.7 Å². The lowest BCUT2D eigenvalue weighted by atomic mass is 10.1. The van der Waals surface area contributed by atoms with Crippen LogP contribution in [0.1, 0.15) is 24.1 Å². The van der Waals surface area contributed by atoms with Gasteiger partial charge in [-0.15, -0.1) is 0 Å². The number of nitrogens with zero attached hydrogens (tertiary/aromatic N) is 2. The molecule has 2 rings (SSSR count). The SMILES string of the molecule is CC(NCCN1CCSCC1)c1cccc(C#N)c1. The summed E-state index contributed by atoms with van der Waals surface area (Å²) < 4.78 is 0. The fourth-order valence-corrected chi connectivity index (χ4v) is 3.24. The van der Waals surface area contributed by atoms with Gasteiger partial charge in [-0.3, -0.25) is 0 Å². The molecule has 102 valence electrons. The number of benzene rings is 1. The van der Waals surface area contributed by atoms with Crippen LogP contribution in [-0.4, -0.2) is 42.6 Å². The fourth-order valence-electron chi connectivity index (χ4n) is 2.26. The summed E-state index contributed by atoms with van der Waals surface area (Å²) in [4.78, 5) is 2.52. The van der Waals surface area contributed by atoms with E-state index in [0.29, 0.717) is 6.04 Å². The highest BCUT2D eigenvalue weighted by atomic mass is 32.2. The van der Waals surface area contributed by atoms with Crippen LogP contribution in [0.3, 0.4) is 0 Å². The van der Waals surface area contributed by atoms with Crippen LogP contribution in [0.15, 0.2) is 24.3 Å². The molecule has 0 radical (unpaired) electrons. The van der Waals surface area contributed by atoms with Crippen molar-refractivity contribution >= 4 is 11.8 Å². The molecule has 1 fully saturated rings. The second-order valence-corrected chi connectivity index (χ2v) is 6.09. The van der Waals surface area contributed by atoms with Crippen molar-refractivity contribution in [3.05, 3.63) is 35.4 Å². The second-order valence-electron chi connectivity index (χ2n) is 4.87. The van der Waals surface area contributed by atoms with E-state index in [4.69, 9.17) is 5.26 Å². The smallest absolute Gasteiger partial charge is 0.0991 e. The number of hydrogen-bond acceptors (Lipinski definition) is 4. The van der Waals surface area contributed by atoms with E-state index < -0.39 is 0 Å². The van der Waals surface area contributed by atoms with Crippen LogP contribution < -0.4 is 5.32 Å². The molecule has 1 aromatic rings. The summed E-state index contributed by atoms with van der Waals surface area (Å²) in [5.74, 6) is 2.53. The van der Waals surface area contributed by atoms with Gasteiger partial charge in [0.1, 0.15) is 0 Å². The average molecular weight is 275 g/mol. The summed E-state index contributed by atoms with van der Waals surface area (Å²) in [5.41, 5.74) is 1.92. The lowest BCUT2D eigenvalue weighted by molar-refractivity contribution is 0.297. The van der Waals surface area contributed by atoms with Crippen molar-refractivity contribution in [1.82, 2.24) is 10.2 Å². The Bertz CT molecular complexity index is 435. The van der Waals surface area contributed by atoms with Gasteiger partial charge < -0.3 is 10.2 Å². The van der Waals surface area contributed by atoms with E-state index in [2.05, 4.69) is 29.3 Å². The van der Waals surface area contributed by atoms with Crippen LogP contribution >= 0.6 is 11.8 Å². The molecule has 0 spiro atoms. The molecule has 1 N–H and O–H groups in total. The molecule has 4 heteroatoms. The van der Waals surface area contributed by atoms with Crippen LogP contribution in [-0.2, 0) is 0 Å². The third kappa shape index (κ3) is 4.54. The maximum Gasteiger partial charge on any atom is 0.0991 e. The maximum absolute atomic E-state index is 8.91. The van der Waals surface area contributed by atoms with Crippen molar-refractivity contribution < 1.29 is 0 Å². The molecule has 0 aromatic heterocycles. The summed E-state index contributed by atoms with van der Waals surface area (Å²) in [5, 5.41) is 12.5. The standard InChI is InChI=1S/C15H21N3S/c1-13(15-4-2-3-14(11-15)12-16)17-5-6-18-7-9-19-10-8-18/h2-4,11,13,17H,5-10H2,1H3. The van der Waals surface area contributed by atoms with E-state index in [9.17, 15) is 0 Å². The lowest BCUT2D eigenvalue weighted by Crippen LogP contribution is -2.38. The van der Waals surface area contributed by atoms with Crippen molar-refractivity contribution in [2.45, 2.75) is 13.0 Å². The zero-order valence-corrected chi connectivity index (χ0v) is 12.2. The van der Waals surface area contributed by atoms with Gasteiger partial charge in [0.2, 0.25) is 0 Å². The molecule has 1 aromatic carbocycles. The van der Waals surface area contributed by atoms with Crippen LogP contribution in [0, 0.1) is 11.3 Å². The normalized spacial score (nSPS) is 17.9. The van der Waals surface area contributed by atoms with Gasteiger partial charge in [0.25, 0.3) is 0 Å². The highest BCUT2D eigenvalue weighted by Crippen LogP contribution is 2.14. The number of nitriles is 1. The van der Waals surface area contributed by atoms with Crippen LogP contribution in [0.4, 0.5) is 0 Å². The molecule has 1 saturated heterocycles. The molecular formula is C15H21N3S. The first-order valence-electron chi connectivity index (χ1n) is 6.83. The van der Waals surface area contributed by atoms with Gasteiger partial charge in [-0.1, -0.05) is 12.1 Å². The number of nitrogens with one attached hydrogen (secondary N) is 1. The third-order valence-corrected chi connectivity index (χ3v) is 4.44. The molecule has 1 aliphatic rings. The van der Waals surface area contributed by atoms with E-state index in [1.807, 2.05) is 30.0 Å². The molecule has 1 atom stereocenters. The zero-order chi connectivity index (χ0) is 13.5. The highest BCUT2D eigenvalue weighted by molar-refractivity contribution is 7.99. The molecular weight excluding hydrogens is 254 g/mol. The Hall–Kier alpha value is -1.02. The van der Waals surface area contributed by atoms with E-state index in [-0.39, 0.29) is 0 Å². The Morgan fingerprint density at radius 3 is 2.95 bits per heavy atom. The first-order chi connectivity index (χ1) is 9.29. The minimum atomic E-state index is 0.299. The van der Waals surface area contributed by atoms with Crippen molar-refractivity contribution in [3.63, 3.8) is 0 Å². The predicted octanol–water partition coefficient (Wildman–Crippen LogP) is 2.26. The maximum atomic E-state index is 8.91. The largest absolute Gasteiger partial charge is 0.309 e.